The minimum absolute atomic E-state index is 0.0278. The quantitative estimate of drug-likeness (QED) is 0.890. The van der Waals surface area contributed by atoms with Gasteiger partial charge in [0.05, 0.1) is 0 Å². The molecule has 1 aromatic heterocycles. The number of rotatable bonds is 3. The molecule has 0 fully saturated rings. The molecule has 0 bridgehead atoms. The molecule has 0 saturated carbocycles. The number of carbonyl (C=O) groups is 1. The molecule has 82 valence electrons. The monoisotopic (exact) mass is 236 g/mol. The molecule has 1 aromatic carbocycles. The molecule has 0 saturated heterocycles. The molecule has 16 heavy (non-hydrogen) atoms. The van der Waals surface area contributed by atoms with E-state index < -0.39 is 5.97 Å². The third-order valence-electron chi connectivity index (χ3n) is 2.15. The molecule has 0 amide bonds. The Morgan fingerprint density at radius 3 is 3.00 bits per heavy atom. The van der Waals surface area contributed by atoms with Gasteiger partial charge in [0.2, 0.25) is 5.82 Å². The molecule has 2 rings (SSSR count). The van der Waals surface area contributed by atoms with E-state index in [-0.39, 0.29) is 5.82 Å². The molecule has 2 aromatic rings. The summed E-state index contributed by atoms with van der Waals surface area (Å²) < 4.78 is 1.56. The van der Waals surface area contributed by atoms with Crippen LogP contribution in [0.4, 0.5) is 0 Å². The van der Waals surface area contributed by atoms with Crippen molar-refractivity contribution in [1.82, 2.24) is 9.55 Å². The Morgan fingerprint density at radius 2 is 2.31 bits per heavy atom. The summed E-state index contributed by atoms with van der Waals surface area (Å²) >= 11 is 5.85. The summed E-state index contributed by atoms with van der Waals surface area (Å²) in [4.78, 5) is 14.6. The third-order valence-corrected chi connectivity index (χ3v) is 2.38. The van der Waals surface area contributed by atoms with E-state index in [9.17, 15) is 4.79 Å². The van der Waals surface area contributed by atoms with Crippen LogP contribution in [0.2, 0.25) is 5.02 Å². The molecular formula is C11H9ClN2O2. The van der Waals surface area contributed by atoms with Crippen LogP contribution in [0.3, 0.4) is 0 Å². The minimum atomic E-state index is -1.04. The molecule has 4 nitrogen and oxygen atoms in total. The maximum atomic E-state index is 10.8. The lowest BCUT2D eigenvalue weighted by molar-refractivity contribution is 0.0679. The predicted molar refractivity (Wildman–Crippen MR) is 59.7 cm³/mol. The highest BCUT2D eigenvalue weighted by Gasteiger charge is 2.10. The molecule has 5 heteroatoms. The summed E-state index contributed by atoms with van der Waals surface area (Å²) in [5, 5.41) is 9.51. The van der Waals surface area contributed by atoms with Crippen LogP contribution in [0.15, 0.2) is 36.7 Å². The van der Waals surface area contributed by atoms with Gasteiger partial charge in [-0.25, -0.2) is 9.78 Å². The Morgan fingerprint density at radius 1 is 1.50 bits per heavy atom. The van der Waals surface area contributed by atoms with Crippen LogP contribution in [0.1, 0.15) is 16.2 Å². The van der Waals surface area contributed by atoms with E-state index in [4.69, 9.17) is 16.7 Å². The first-order valence-electron chi connectivity index (χ1n) is 4.65. The van der Waals surface area contributed by atoms with E-state index in [1.807, 2.05) is 12.1 Å². The molecule has 1 N–H and O–H groups in total. The van der Waals surface area contributed by atoms with Crippen LogP contribution in [0.5, 0.6) is 0 Å². The predicted octanol–water partition coefficient (Wildman–Crippen LogP) is 2.28. The van der Waals surface area contributed by atoms with Crippen molar-refractivity contribution in [3.8, 4) is 0 Å². The average molecular weight is 237 g/mol. The van der Waals surface area contributed by atoms with E-state index in [1.54, 1.807) is 22.9 Å². The standard InChI is InChI=1S/C11H9ClN2O2/c12-9-3-1-2-8(6-9)7-14-5-4-13-10(14)11(15)16/h1-6H,7H2,(H,15,16). The van der Waals surface area contributed by atoms with Gasteiger partial charge in [-0.05, 0) is 17.7 Å². The van der Waals surface area contributed by atoms with Crippen molar-refractivity contribution in [3.63, 3.8) is 0 Å². The zero-order chi connectivity index (χ0) is 11.5. The van der Waals surface area contributed by atoms with Crippen molar-refractivity contribution >= 4 is 17.6 Å². The number of halogens is 1. The Kier molecular flexibility index (Phi) is 2.92. The van der Waals surface area contributed by atoms with Gasteiger partial charge in [-0.15, -0.1) is 0 Å². The number of aromatic carboxylic acids is 1. The zero-order valence-electron chi connectivity index (χ0n) is 8.30. The lowest BCUT2D eigenvalue weighted by Gasteiger charge is -2.05. The van der Waals surface area contributed by atoms with E-state index in [0.29, 0.717) is 11.6 Å². The number of aromatic nitrogens is 2. The summed E-state index contributed by atoms with van der Waals surface area (Å²) in [6.07, 6.45) is 3.10. The van der Waals surface area contributed by atoms with E-state index in [1.165, 1.54) is 6.20 Å². The van der Waals surface area contributed by atoms with Crippen molar-refractivity contribution in [2.45, 2.75) is 6.54 Å². The topological polar surface area (TPSA) is 55.1 Å². The van der Waals surface area contributed by atoms with Gasteiger partial charge in [-0.1, -0.05) is 23.7 Å². The molecule has 0 radical (unpaired) electrons. The number of imidazole rings is 1. The average Bonchev–Trinajstić information content (AvgIpc) is 2.66. The molecule has 0 unspecified atom stereocenters. The van der Waals surface area contributed by atoms with Crippen molar-refractivity contribution < 1.29 is 9.90 Å². The van der Waals surface area contributed by atoms with Crippen molar-refractivity contribution in [2.24, 2.45) is 0 Å². The molecule has 0 aliphatic rings. The van der Waals surface area contributed by atoms with Gasteiger partial charge in [0.15, 0.2) is 0 Å². The fourth-order valence-corrected chi connectivity index (χ4v) is 1.68. The highest BCUT2D eigenvalue weighted by atomic mass is 35.5. The first-order chi connectivity index (χ1) is 7.66. The Hall–Kier alpha value is -1.81. The smallest absolute Gasteiger partial charge is 0.372 e. The van der Waals surface area contributed by atoms with Crippen LogP contribution in [-0.2, 0) is 6.54 Å². The Balaban J connectivity index is 2.27. The normalized spacial score (nSPS) is 10.3. The second kappa shape index (κ2) is 4.37. The van der Waals surface area contributed by atoms with Crippen LogP contribution < -0.4 is 0 Å². The van der Waals surface area contributed by atoms with Gasteiger partial charge < -0.3 is 9.67 Å². The number of benzene rings is 1. The number of nitrogens with zero attached hydrogens (tertiary/aromatic N) is 2. The summed E-state index contributed by atoms with van der Waals surface area (Å²) in [6.45, 7) is 0.447. The molecule has 0 atom stereocenters. The number of hydrogen-bond donors (Lipinski definition) is 1. The van der Waals surface area contributed by atoms with E-state index >= 15 is 0 Å². The van der Waals surface area contributed by atoms with Crippen LogP contribution in [-0.4, -0.2) is 20.6 Å². The number of hydrogen-bond acceptors (Lipinski definition) is 2. The van der Waals surface area contributed by atoms with Gasteiger partial charge in [0.25, 0.3) is 0 Å². The SMILES string of the molecule is O=C(O)c1nccn1Cc1cccc(Cl)c1. The second-order valence-electron chi connectivity index (χ2n) is 3.31. The van der Waals surface area contributed by atoms with Crippen molar-refractivity contribution in [3.05, 3.63) is 53.1 Å². The molecular weight excluding hydrogens is 228 g/mol. The fraction of sp³-hybridized carbons (Fsp3) is 0.0909. The van der Waals surface area contributed by atoms with Crippen molar-refractivity contribution in [2.75, 3.05) is 0 Å². The van der Waals surface area contributed by atoms with Gasteiger partial charge in [0.1, 0.15) is 0 Å². The second-order valence-corrected chi connectivity index (χ2v) is 3.75. The summed E-state index contributed by atoms with van der Waals surface area (Å²) in [7, 11) is 0. The molecule has 1 heterocycles. The largest absolute Gasteiger partial charge is 0.475 e. The molecule has 0 spiro atoms. The highest BCUT2D eigenvalue weighted by Crippen LogP contribution is 2.12. The third kappa shape index (κ3) is 2.23. The fourth-order valence-electron chi connectivity index (χ4n) is 1.47. The number of carboxylic acid groups (broad SMARTS) is 1. The summed E-state index contributed by atoms with van der Waals surface area (Å²) in [5.41, 5.74) is 0.938. The lowest BCUT2D eigenvalue weighted by Crippen LogP contribution is -2.09. The van der Waals surface area contributed by atoms with E-state index in [0.717, 1.165) is 5.56 Å². The summed E-state index contributed by atoms with van der Waals surface area (Å²) in [5.74, 6) is -1.01. The summed E-state index contributed by atoms with van der Waals surface area (Å²) in [6, 6.07) is 7.29. The van der Waals surface area contributed by atoms with Crippen LogP contribution >= 0.6 is 11.6 Å². The van der Waals surface area contributed by atoms with Gasteiger partial charge in [-0.3, -0.25) is 0 Å². The first-order valence-corrected chi connectivity index (χ1v) is 5.03. The molecule has 0 aliphatic heterocycles. The Bertz CT molecular complexity index is 522. The van der Waals surface area contributed by atoms with Gasteiger partial charge in [-0.2, -0.15) is 0 Å². The highest BCUT2D eigenvalue weighted by molar-refractivity contribution is 6.30. The maximum absolute atomic E-state index is 10.8. The maximum Gasteiger partial charge on any atom is 0.372 e. The van der Waals surface area contributed by atoms with Crippen LogP contribution in [0, 0.1) is 0 Å². The molecule has 0 aliphatic carbocycles. The van der Waals surface area contributed by atoms with Crippen molar-refractivity contribution in [1.29, 1.82) is 0 Å². The first kappa shape index (κ1) is 10.7. The van der Waals surface area contributed by atoms with Gasteiger partial charge in [0, 0.05) is 24.0 Å². The number of carboxylic acids is 1. The lowest BCUT2D eigenvalue weighted by atomic mass is 10.2. The Labute approximate surface area is 97.1 Å². The van der Waals surface area contributed by atoms with Gasteiger partial charge >= 0.3 is 5.97 Å². The van der Waals surface area contributed by atoms with Crippen LogP contribution in [0.25, 0.3) is 0 Å². The van der Waals surface area contributed by atoms with E-state index in [2.05, 4.69) is 4.98 Å². The zero-order valence-corrected chi connectivity index (χ0v) is 9.05. The minimum Gasteiger partial charge on any atom is -0.475 e.